The third-order valence-electron chi connectivity index (χ3n) is 3.87. The molecule has 3 aromatic rings. The number of carbonyl (C=O) groups is 1. The summed E-state index contributed by atoms with van der Waals surface area (Å²) in [5, 5.41) is 12.8. The summed E-state index contributed by atoms with van der Waals surface area (Å²) in [6.07, 6.45) is 0. The Labute approximate surface area is 169 Å². The summed E-state index contributed by atoms with van der Waals surface area (Å²) >= 11 is 1.22. The largest absolute Gasteiger partial charge is 0.495 e. The van der Waals surface area contributed by atoms with Crippen LogP contribution in [0.5, 0.6) is 11.5 Å². The van der Waals surface area contributed by atoms with Crippen molar-refractivity contribution in [3.63, 3.8) is 0 Å². The number of rotatable bonds is 7. The molecule has 0 saturated heterocycles. The van der Waals surface area contributed by atoms with Crippen LogP contribution in [-0.4, -0.2) is 22.9 Å². The molecule has 8 nitrogen and oxygen atoms in total. The molecule has 0 atom stereocenters. The third-order valence-corrected chi connectivity index (χ3v) is 4.75. The number of nitro benzene ring substituents is 1. The zero-order valence-electron chi connectivity index (χ0n) is 15.5. The molecule has 1 aromatic heterocycles. The first-order chi connectivity index (χ1) is 13.9. The fourth-order valence-electron chi connectivity index (χ4n) is 2.56. The number of thiazole rings is 1. The summed E-state index contributed by atoms with van der Waals surface area (Å²) in [6, 6.07) is 10.2. The van der Waals surface area contributed by atoms with E-state index < -0.39 is 10.7 Å². The highest BCUT2D eigenvalue weighted by Crippen LogP contribution is 2.35. The normalized spacial score (nSPS) is 10.4. The predicted molar refractivity (Wildman–Crippen MR) is 105 cm³/mol. The number of anilines is 2. The number of hydrogen-bond acceptors (Lipinski definition) is 7. The predicted octanol–water partition coefficient (Wildman–Crippen LogP) is 4.46. The first-order valence-electron chi connectivity index (χ1n) is 8.35. The van der Waals surface area contributed by atoms with Crippen molar-refractivity contribution < 1.29 is 23.6 Å². The third kappa shape index (κ3) is 4.49. The first kappa shape index (κ1) is 20.2. The highest BCUT2D eigenvalue weighted by Gasteiger charge is 2.21. The fourth-order valence-corrected chi connectivity index (χ4v) is 3.42. The van der Waals surface area contributed by atoms with Crippen molar-refractivity contribution in [1.29, 1.82) is 0 Å². The Morgan fingerprint density at radius 3 is 2.69 bits per heavy atom. The molecule has 0 N–H and O–H groups in total. The summed E-state index contributed by atoms with van der Waals surface area (Å²) in [5.41, 5.74) is 0.661. The summed E-state index contributed by atoms with van der Waals surface area (Å²) in [6.45, 7) is 1.35. The molecule has 0 fully saturated rings. The maximum atomic E-state index is 13.9. The van der Waals surface area contributed by atoms with Crippen molar-refractivity contribution in [3.8, 4) is 11.5 Å². The Kier molecular flexibility index (Phi) is 6.03. The molecule has 1 amide bonds. The molecule has 0 aliphatic rings. The molecule has 150 valence electrons. The van der Waals surface area contributed by atoms with Gasteiger partial charge in [-0.05, 0) is 18.2 Å². The zero-order valence-corrected chi connectivity index (χ0v) is 16.3. The first-order valence-corrected chi connectivity index (χ1v) is 9.23. The molecular formula is C19H16FN3O5S. The van der Waals surface area contributed by atoms with Gasteiger partial charge in [0.1, 0.15) is 12.4 Å². The molecule has 10 heteroatoms. The topological polar surface area (TPSA) is 94.8 Å². The number of benzene rings is 2. The van der Waals surface area contributed by atoms with Crippen molar-refractivity contribution in [2.45, 2.75) is 13.5 Å². The van der Waals surface area contributed by atoms with Crippen LogP contribution in [0.15, 0.2) is 47.8 Å². The smallest absolute Gasteiger partial charge is 0.272 e. The number of nitrogens with zero attached hydrogens (tertiary/aromatic N) is 3. The van der Waals surface area contributed by atoms with Gasteiger partial charge in [-0.2, -0.15) is 0 Å². The maximum absolute atomic E-state index is 13.9. The van der Waals surface area contributed by atoms with Crippen LogP contribution >= 0.6 is 11.3 Å². The van der Waals surface area contributed by atoms with Crippen LogP contribution in [0.4, 0.5) is 20.9 Å². The summed E-state index contributed by atoms with van der Waals surface area (Å²) in [7, 11) is 1.51. The van der Waals surface area contributed by atoms with Gasteiger partial charge in [0.25, 0.3) is 5.69 Å². The number of hydrogen-bond donors (Lipinski definition) is 0. The standard InChI is InChI=1S/C19H16FN3O5S/c1-12(24)22(16-5-3-4-6-18(16)27-2)19-21-13(11-29-19)10-28-17-8-7-14(23(25)26)9-15(17)20/h3-9,11H,10H2,1-2H3. The highest BCUT2D eigenvalue weighted by atomic mass is 32.1. The minimum Gasteiger partial charge on any atom is -0.495 e. The molecule has 0 aliphatic heterocycles. The Bertz CT molecular complexity index is 1060. The van der Waals surface area contributed by atoms with Crippen LogP contribution in [0, 0.1) is 15.9 Å². The SMILES string of the molecule is COc1ccccc1N(C(C)=O)c1nc(COc2ccc([N+](=O)[O-])cc2F)cs1. The summed E-state index contributed by atoms with van der Waals surface area (Å²) in [5.74, 6) is -0.700. The van der Waals surface area contributed by atoms with E-state index in [1.807, 2.05) is 0 Å². The molecule has 0 saturated carbocycles. The number of ether oxygens (including phenoxy) is 2. The second-order valence-corrected chi connectivity index (χ2v) is 6.64. The lowest BCUT2D eigenvalue weighted by atomic mass is 10.2. The van der Waals surface area contributed by atoms with Crippen molar-refractivity contribution >= 4 is 33.8 Å². The van der Waals surface area contributed by atoms with Crippen molar-refractivity contribution in [3.05, 3.63) is 69.5 Å². The number of amides is 1. The van der Waals surface area contributed by atoms with E-state index in [1.54, 1.807) is 29.6 Å². The fraction of sp³-hybridized carbons (Fsp3) is 0.158. The van der Waals surface area contributed by atoms with Gasteiger partial charge in [-0.3, -0.25) is 19.8 Å². The van der Waals surface area contributed by atoms with Gasteiger partial charge in [-0.15, -0.1) is 11.3 Å². The molecule has 0 unspecified atom stereocenters. The number of aromatic nitrogens is 1. The van der Waals surface area contributed by atoms with Gasteiger partial charge in [0, 0.05) is 18.4 Å². The molecule has 2 aromatic carbocycles. The van der Waals surface area contributed by atoms with E-state index in [1.165, 1.54) is 36.3 Å². The monoisotopic (exact) mass is 417 g/mol. The van der Waals surface area contributed by atoms with E-state index >= 15 is 0 Å². The van der Waals surface area contributed by atoms with E-state index in [2.05, 4.69) is 4.98 Å². The maximum Gasteiger partial charge on any atom is 0.272 e. The Hall–Kier alpha value is -3.53. The Morgan fingerprint density at radius 1 is 1.28 bits per heavy atom. The summed E-state index contributed by atoms with van der Waals surface area (Å²) < 4.78 is 24.6. The number of non-ortho nitro benzene ring substituents is 1. The van der Waals surface area contributed by atoms with Crippen LogP contribution in [0.1, 0.15) is 12.6 Å². The van der Waals surface area contributed by atoms with E-state index in [9.17, 15) is 19.3 Å². The van der Waals surface area contributed by atoms with E-state index in [0.717, 1.165) is 12.1 Å². The number of halogens is 1. The minimum atomic E-state index is -0.839. The second kappa shape index (κ2) is 8.65. The highest BCUT2D eigenvalue weighted by molar-refractivity contribution is 7.14. The Balaban J connectivity index is 1.79. The van der Waals surface area contributed by atoms with Crippen LogP contribution in [0.25, 0.3) is 0 Å². The van der Waals surface area contributed by atoms with Gasteiger partial charge in [0.2, 0.25) is 5.91 Å². The average Bonchev–Trinajstić information content (AvgIpc) is 3.15. The van der Waals surface area contributed by atoms with Gasteiger partial charge in [0.05, 0.1) is 29.5 Å². The molecular weight excluding hydrogens is 401 g/mol. The van der Waals surface area contributed by atoms with Gasteiger partial charge in [-0.25, -0.2) is 9.37 Å². The lowest BCUT2D eigenvalue weighted by Gasteiger charge is -2.20. The quantitative estimate of drug-likeness (QED) is 0.416. The number of nitro groups is 1. The van der Waals surface area contributed by atoms with Crippen LogP contribution in [0.3, 0.4) is 0 Å². The minimum absolute atomic E-state index is 0.0666. The van der Waals surface area contributed by atoms with Crippen molar-refractivity contribution in [1.82, 2.24) is 4.98 Å². The molecule has 0 radical (unpaired) electrons. The molecule has 0 bridgehead atoms. The number of para-hydroxylation sites is 2. The van der Waals surface area contributed by atoms with Gasteiger partial charge < -0.3 is 9.47 Å². The molecule has 1 heterocycles. The molecule has 0 spiro atoms. The van der Waals surface area contributed by atoms with Crippen molar-refractivity contribution in [2.75, 3.05) is 12.0 Å². The van der Waals surface area contributed by atoms with Gasteiger partial charge in [0.15, 0.2) is 16.7 Å². The zero-order chi connectivity index (χ0) is 21.0. The Morgan fingerprint density at radius 2 is 2.03 bits per heavy atom. The molecule has 0 aliphatic carbocycles. The van der Waals surface area contributed by atoms with Crippen LogP contribution in [-0.2, 0) is 11.4 Å². The lowest BCUT2D eigenvalue weighted by molar-refractivity contribution is -0.385. The van der Waals surface area contributed by atoms with E-state index in [-0.39, 0.29) is 24.0 Å². The van der Waals surface area contributed by atoms with E-state index in [4.69, 9.17) is 9.47 Å². The number of carbonyl (C=O) groups excluding carboxylic acids is 1. The van der Waals surface area contributed by atoms with Gasteiger partial charge in [-0.1, -0.05) is 12.1 Å². The number of methoxy groups -OCH3 is 1. The van der Waals surface area contributed by atoms with Crippen molar-refractivity contribution in [2.24, 2.45) is 0 Å². The average molecular weight is 417 g/mol. The van der Waals surface area contributed by atoms with Crippen LogP contribution < -0.4 is 14.4 Å². The van der Waals surface area contributed by atoms with Crippen LogP contribution in [0.2, 0.25) is 0 Å². The summed E-state index contributed by atoms with van der Waals surface area (Å²) in [4.78, 5) is 28.0. The lowest BCUT2D eigenvalue weighted by Crippen LogP contribution is -2.23. The van der Waals surface area contributed by atoms with E-state index in [0.29, 0.717) is 22.3 Å². The van der Waals surface area contributed by atoms with Gasteiger partial charge >= 0.3 is 0 Å². The molecule has 29 heavy (non-hydrogen) atoms. The second-order valence-electron chi connectivity index (χ2n) is 5.81. The molecule has 3 rings (SSSR count).